The van der Waals surface area contributed by atoms with E-state index in [0.29, 0.717) is 18.7 Å². The molecule has 0 saturated heterocycles. The molecule has 0 bridgehead atoms. The van der Waals surface area contributed by atoms with Crippen LogP contribution in [-0.4, -0.2) is 21.4 Å². The van der Waals surface area contributed by atoms with Crippen molar-refractivity contribution in [3.8, 4) is 0 Å². The highest BCUT2D eigenvalue weighted by molar-refractivity contribution is 5.18. The first-order valence-electron chi connectivity index (χ1n) is 6.15. The van der Waals surface area contributed by atoms with Crippen LogP contribution in [0.15, 0.2) is 36.7 Å². The maximum absolute atomic E-state index is 13.4. The Morgan fingerprint density at radius 1 is 1.42 bits per heavy atom. The molecule has 0 aliphatic rings. The number of nitrogens with one attached hydrogen (secondary N) is 1. The van der Waals surface area contributed by atoms with Gasteiger partial charge in [0.05, 0.1) is 6.20 Å². The van der Waals surface area contributed by atoms with Crippen LogP contribution in [0.4, 0.5) is 4.39 Å². The summed E-state index contributed by atoms with van der Waals surface area (Å²) in [5.74, 6) is -0.240. The van der Waals surface area contributed by atoms with Crippen LogP contribution < -0.4 is 5.32 Å². The molecule has 102 valence electrons. The fourth-order valence-corrected chi connectivity index (χ4v) is 1.88. The van der Waals surface area contributed by atoms with E-state index in [4.69, 9.17) is 0 Å². The van der Waals surface area contributed by atoms with E-state index in [1.807, 2.05) is 0 Å². The van der Waals surface area contributed by atoms with Crippen molar-refractivity contribution in [1.29, 1.82) is 0 Å². The number of halogens is 1. The van der Waals surface area contributed by atoms with Gasteiger partial charge in [0.2, 0.25) is 0 Å². The summed E-state index contributed by atoms with van der Waals surface area (Å²) >= 11 is 0. The van der Waals surface area contributed by atoms with Crippen molar-refractivity contribution in [1.82, 2.24) is 15.1 Å². The van der Waals surface area contributed by atoms with Crippen LogP contribution in [0.2, 0.25) is 0 Å². The predicted octanol–water partition coefficient (Wildman–Crippen LogP) is 1.56. The average Bonchev–Trinajstić information content (AvgIpc) is 2.79. The molecule has 0 amide bonds. The molecule has 1 atom stereocenters. The van der Waals surface area contributed by atoms with Crippen LogP contribution in [-0.2, 0) is 19.2 Å². The minimum Gasteiger partial charge on any atom is -0.384 e. The lowest BCUT2D eigenvalue weighted by Gasteiger charge is -2.22. The summed E-state index contributed by atoms with van der Waals surface area (Å²) < 4.78 is 15.1. The van der Waals surface area contributed by atoms with E-state index in [1.165, 1.54) is 6.07 Å². The highest BCUT2D eigenvalue weighted by Crippen LogP contribution is 2.18. The zero-order valence-electron chi connectivity index (χ0n) is 11.1. The molecule has 2 aromatic rings. The Morgan fingerprint density at radius 2 is 2.16 bits per heavy atom. The quantitative estimate of drug-likeness (QED) is 0.860. The van der Waals surface area contributed by atoms with Gasteiger partial charge in [0, 0.05) is 37.5 Å². The van der Waals surface area contributed by atoms with E-state index >= 15 is 0 Å². The van der Waals surface area contributed by atoms with Crippen LogP contribution in [0.1, 0.15) is 18.1 Å². The Kier molecular flexibility index (Phi) is 3.97. The SMILES string of the molecule is Cn1cc(C(C)(O)CNCc2ccccc2F)cn1. The molecular formula is C14H18FN3O. The van der Waals surface area contributed by atoms with Crippen LogP contribution >= 0.6 is 0 Å². The number of rotatable bonds is 5. The number of aryl methyl sites for hydroxylation is 1. The van der Waals surface area contributed by atoms with Gasteiger partial charge in [0.1, 0.15) is 11.4 Å². The zero-order chi connectivity index (χ0) is 13.9. The van der Waals surface area contributed by atoms with Gasteiger partial charge < -0.3 is 10.4 Å². The molecule has 0 aliphatic heterocycles. The summed E-state index contributed by atoms with van der Waals surface area (Å²) in [4.78, 5) is 0. The molecular weight excluding hydrogens is 245 g/mol. The third-order valence-electron chi connectivity index (χ3n) is 3.07. The largest absolute Gasteiger partial charge is 0.384 e. The van der Waals surface area contributed by atoms with Gasteiger partial charge in [-0.25, -0.2) is 4.39 Å². The van der Waals surface area contributed by atoms with Crippen LogP contribution in [0.25, 0.3) is 0 Å². The van der Waals surface area contributed by atoms with Gasteiger partial charge in [0.15, 0.2) is 0 Å². The van der Waals surface area contributed by atoms with Gasteiger partial charge in [-0.3, -0.25) is 4.68 Å². The molecule has 1 unspecified atom stereocenters. The van der Waals surface area contributed by atoms with Crippen molar-refractivity contribution in [2.75, 3.05) is 6.54 Å². The number of aromatic nitrogens is 2. The third-order valence-corrected chi connectivity index (χ3v) is 3.07. The smallest absolute Gasteiger partial charge is 0.127 e. The van der Waals surface area contributed by atoms with E-state index in [-0.39, 0.29) is 5.82 Å². The maximum Gasteiger partial charge on any atom is 0.127 e. The fourth-order valence-electron chi connectivity index (χ4n) is 1.88. The van der Waals surface area contributed by atoms with E-state index in [0.717, 1.165) is 5.56 Å². The van der Waals surface area contributed by atoms with Crippen LogP contribution in [0.3, 0.4) is 0 Å². The van der Waals surface area contributed by atoms with Crippen LogP contribution in [0, 0.1) is 5.82 Å². The Bertz CT molecular complexity index is 551. The molecule has 2 N–H and O–H groups in total. The standard InChI is InChI=1S/C14H18FN3O/c1-14(19,12-8-17-18(2)9-12)10-16-7-11-5-3-4-6-13(11)15/h3-6,8-9,16,19H,7,10H2,1-2H3. The second kappa shape index (κ2) is 5.50. The molecule has 1 aromatic carbocycles. The average molecular weight is 263 g/mol. The second-order valence-electron chi connectivity index (χ2n) is 4.87. The van der Waals surface area contributed by atoms with Gasteiger partial charge in [-0.1, -0.05) is 18.2 Å². The van der Waals surface area contributed by atoms with Gasteiger partial charge >= 0.3 is 0 Å². The first-order valence-corrected chi connectivity index (χ1v) is 6.15. The summed E-state index contributed by atoms with van der Waals surface area (Å²) in [6.45, 7) is 2.41. The van der Waals surface area contributed by atoms with Crippen molar-refractivity contribution in [3.63, 3.8) is 0 Å². The second-order valence-corrected chi connectivity index (χ2v) is 4.87. The summed E-state index contributed by atoms with van der Waals surface area (Å²) in [6, 6.07) is 6.60. The first kappa shape index (κ1) is 13.7. The summed E-state index contributed by atoms with van der Waals surface area (Å²) in [6.07, 6.45) is 3.40. The van der Waals surface area contributed by atoms with E-state index < -0.39 is 5.60 Å². The number of aliphatic hydroxyl groups is 1. The van der Waals surface area contributed by atoms with Crippen molar-refractivity contribution in [3.05, 3.63) is 53.6 Å². The van der Waals surface area contributed by atoms with Crippen molar-refractivity contribution in [2.24, 2.45) is 7.05 Å². The lowest BCUT2D eigenvalue weighted by Crippen LogP contribution is -2.35. The highest BCUT2D eigenvalue weighted by Gasteiger charge is 2.24. The number of hydrogen-bond donors (Lipinski definition) is 2. The summed E-state index contributed by atoms with van der Waals surface area (Å²) in [5.41, 5.74) is 0.292. The van der Waals surface area contributed by atoms with Gasteiger partial charge in [-0.15, -0.1) is 0 Å². The molecule has 0 fully saturated rings. The molecule has 0 radical (unpaired) electrons. The summed E-state index contributed by atoms with van der Waals surface area (Å²) in [7, 11) is 1.80. The minimum atomic E-state index is -1.03. The molecule has 19 heavy (non-hydrogen) atoms. The first-order chi connectivity index (χ1) is 8.99. The highest BCUT2D eigenvalue weighted by atomic mass is 19.1. The number of hydrogen-bond acceptors (Lipinski definition) is 3. The van der Waals surface area contributed by atoms with Gasteiger partial charge in [-0.2, -0.15) is 5.10 Å². The van der Waals surface area contributed by atoms with E-state index in [9.17, 15) is 9.50 Å². The molecule has 1 aromatic heterocycles. The van der Waals surface area contributed by atoms with Crippen molar-refractivity contribution < 1.29 is 9.50 Å². The Morgan fingerprint density at radius 3 is 2.79 bits per heavy atom. The lowest BCUT2D eigenvalue weighted by atomic mass is 9.99. The monoisotopic (exact) mass is 263 g/mol. The third kappa shape index (κ3) is 3.39. The summed E-state index contributed by atoms with van der Waals surface area (Å²) in [5, 5.41) is 17.4. The van der Waals surface area contributed by atoms with Crippen molar-refractivity contribution in [2.45, 2.75) is 19.1 Å². The zero-order valence-corrected chi connectivity index (χ0v) is 11.1. The predicted molar refractivity (Wildman–Crippen MR) is 70.9 cm³/mol. The lowest BCUT2D eigenvalue weighted by molar-refractivity contribution is 0.0565. The van der Waals surface area contributed by atoms with Crippen molar-refractivity contribution >= 4 is 0 Å². The van der Waals surface area contributed by atoms with Crippen LogP contribution in [0.5, 0.6) is 0 Å². The molecule has 2 rings (SSSR count). The molecule has 4 nitrogen and oxygen atoms in total. The minimum absolute atomic E-state index is 0.240. The molecule has 5 heteroatoms. The number of benzene rings is 1. The Labute approximate surface area is 111 Å². The topological polar surface area (TPSA) is 50.1 Å². The molecule has 1 heterocycles. The number of nitrogens with zero attached hydrogens (tertiary/aromatic N) is 2. The Hall–Kier alpha value is -1.72. The van der Waals surface area contributed by atoms with E-state index in [1.54, 1.807) is 49.2 Å². The van der Waals surface area contributed by atoms with Gasteiger partial charge in [0.25, 0.3) is 0 Å². The normalized spacial score (nSPS) is 14.3. The van der Waals surface area contributed by atoms with Gasteiger partial charge in [-0.05, 0) is 13.0 Å². The molecule has 0 aliphatic carbocycles. The molecule has 0 spiro atoms. The fraction of sp³-hybridized carbons (Fsp3) is 0.357. The van der Waals surface area contributed by atoms with E-state index in [2.05, 4.69) is 10.4 Å². The maximum atomic E-state index is 13.4. The molecule has 0 saturated carbocycles. The Balaban J connectivity index is 1.94.